The number of nitrogens with two attached hydrogens (primary N) is 1. The molecular weight excluding hydrogens is 188 g/mol. The van der Waals surface area contributed by atoms with Crippen molar-refractivity contribution in [3.8, 4) is 0 Å². The standard InChI is InChI=1S/C8H20N2O2S/c1-8(2,3)7(5-6-9)10-13(4,11)12/h7,10H,5-6,9H2,1-4H3. The molecule has 0 aliphatic heterocycles. The van der Waals surface area contributed by atoms with Crippen LogP contribution in [0.3, 0.4) is 0 Å². The van der Waals surface area contributed by atoms with Crippen molar-refractivity contribution in [2.24, 2.45) is 11.1 Å². The van der Waals surface area contributed by atoms with Crippen molar-refractivity contribution >= 4 is 10.0 Å². The van der Waals surface area contributed by atoms with E-state index in [1.54, 1.807) is 0 Å². The summed E-state index contributed by atoms with van der Waals surface area (Å²) < 4.78 is 24.6. The van der Waals surface area contributed by atoms with Crippen molar-refractivity contribution < 1.29 is 8.42 Å². The zero-order chi connectivity index (χ0) is 10.7. The van der Waals surface area contributed by atoms with Crippen LogP contribution in [0.4, 0.5) is 0 Å². The highest BCUT2D eigenvalue weighted by molar-refractivity contribution is 7.88. The van der Waals surface area contributed by atoms with E-state index in [0.29, 0.717) is 13.0 Å². The number of nitrogens with one attached hydrogen (secondary N) is 1. The second-order valence-electron chi connectivity index (χ2n) is 4.39. The first-order valence-electron chi connectivity index (χ1n) is 4.34. The molecule has 1 unspecified atom stereocenters. The molecule has 0 saturated heterocycles. The third kappa shape index (κ3) is 6.01. The zero-order valence-corrected chi connectivity index (χ0v) is 9.61. The number of hydrogen-bond donors (Lipinski definition) is 2. The Morgan fingerprint density at radius 1 is 1.38 bits per heavy atom. The van der Waals surface area contributed by atoms with Crippen LogP contribution < -0.4 is 10.5 Å². The van der Waals surface area contributed by atoms with Gasteiger partial charge in [-0.3, -0.25) is 0 Å². The van der Waals surface area contributed by atoms with Gasteiger partial charge in [0.05, 0.1) is 6.26 Å². The second-order valence-corrected chi connectivity index (χ2v) is 6.17. The minimum absolute atomic E-state index is 0.0903. The molecule has 0 aromatic rings. The van der Waals surface area contributed by atoms with Gasteiger partial charge >= 0.3 is 0 Å². The molecule has 4 nitrogen and oxygen atoms in total. The highest BCUT2D eigenvalue weighted by Gasteiger charge is 2.26. The van der Waals surface area contributed by atoms with Gasteiger partial charge in [-0.05, 0) is 18.4 Å². The largest absolute Gasteiger partial charge is 0.330 e. The van der Waals surface area contributed by atoms with E-state index in [1.807, 2.05) is 20.8 Å². The quantitative estimate of drug-likeness (QED) is 0.698. The third-order valence-corrected chi connectivity index (χ3v) is 2.57. The Labute approximate surface area is 80.9 Å². The maximum atomic E-state index is 11.0. The minimum atomic E-state index is -3.13. The maximum Gasteiger partial charge on any atom is 0.208 e. The van der Waals surface area contributed by atoms with Gasteiger partial charge in [0, 0.05) is 6.04 Å². The Bertz CT molecular complexity index is 241. The van der Waals surface area contributed by atoms with Gasteiger partial charge in [-0.25, -0.2) is 13.1 Å². The second kappa shape index (κ2) is 4.39. The summed E-state index contributed by atoms with van der Waals surface area (Å²) in [6.07, 6.45) is 1.83. The lowest BCUT2D eigenvalue weighted by molar-refractivity contribution is 0.287. The highest BCUT2D eigenvalue weighted by Crippen LogP contribution is 2.21. The van der Waals surface area contributed by atoms with Gasteiger partial charge in [0.2, 0.25) is 10.0 Å². The van der Waals surface area contributed by atoms with Crippen LogP contribution in [0, 0.1) is 5.41 Å². The van der Waals surface area contributed by atoms with Gasteiger partial charge in [-0.2, -0.15) is 0 Å². The molecule has 0 aliphatic rings. The molecule has 13 heavy (non-hydrogen) atoms. The Hall–Kier alpha value is -0.130. The summed E-state index contributed by atoms with van der Waals surface area (Å²) >= 11 is 0. The molecule has 0 heterocycles. The lowest BCUT2D eigenvalue weighted by atomic mass is 9.85. The lowest BCUT2D eigenvalue weighted by Gasteiger charge is -2.30. The van der Waals surface area contributed by atoms with Gasteiger partial charge in [0.1, 0.15) is 0 Å². The molecule has 0 saturated carbocycles. The maximum absolute atomic E-state index is 11.0. The molecule has 0 amide bonds. The smallest absolute Gasteiger partial charge is 0.208 e. The zero-order valence-electron chi connectivity index (χ0n) is 8.79. The van der Waals surface area contributed by atoms with Crippen molar-refractivity contribution in [2.75, 3.05) is 12.8 Å². The number of sulfonamides is 1. The molecule has 0 bridgehead atoms. The first-order chi connectivity index (χ1) is 5.67. The highest BCUT2D eigenvalue weighted by atomic mass is 32.2. The van der Waals surface area contributed by atoms with Gasteiger partial charge < -0.3 is 5.73 Å². The van der Waals surface area contributed by atoms with Crippen molar-refractivity contribution in [1.82, 2.24) is 4.72 Å². The fourth-order valence-electron chi connectivity index (χ4n) is 1.09. The van der Waals surface area contributed by atoms with Crippen molar-refractivity contribution in [1.29, 1.82) is 0 Å². The summed E-state index contributed by atoms with van der Waals surface area (Å²) in [7, 11) is -3.13. The molecular formula is C8H20N2O2S. The van der Waals surface area contributed by atoms with Crippen LogP contribution in [0.1, 0.15) is 27.2 Å². The summed E-state index contributed by atoms with van der Waals surface area (Å²) in [5.74, 6) is 0. The van der Waals surface area contributed by atoms with E-state index in [0.717, 1.165) is 0 Å². The fraction of sp³-hybridized carbons (Fsp3) is 1.00. The average molecular weight is 208 g/mol. The Morgan fingerprint density at radius 3 is 2.08 bits per heavy atom. The predicted octanol–water partition coefficient (Wildman–Crippen LogP) is 0.299. The van der Waals surface area contributed by atoms with E-state index in [4.69, 9.17) is 5.73 Å². The molecule has 80 valence electrons. The van der Waals surface area contributed by atoms with Crippen LogP contribution >= 0.6 is 0 Å². The van der Waals surface area contributed by atoms with Gasteiger partial charge in [0.25, 0.3) is 0 Å². The SMILES string of the molecule is CC(C)(C)C(CCN)NS(C)(=O)=O. The normalized spacial score (nSPS) is 15.8. The molecule has 3 N–H and O–H groups in total. The molecule has 0 fully saturated rings. The molecule has 1 atom stereocenters. The summed E-state index contributed by atoms with van der Waals surface area (Å²) in [5.41, 5.74) is 5.32. The Morgan fingerprint density at radius 2 is 1.85 bits per heavy atom. The van der Waals surface area contributed by atoms with Crippen LogP contribution in [0.25, 0.3) is 0 Å². The summed E-state index contributed by atoms with van der Waals surface area (Å²) in [4.78, 5) is 0. The summed E-state index contributed by atoms with van der Waals surface area (Å²) in [6.45, 7) is 6.47. The lowest BCUT2D eigenvalue weighted by Crippen LogP contribution is -2.44. The molecule has 0 rings (SSSR count). The van der Waals surface area contributed by atoms with Crippen molar-refractivity contribution in [3.05, 3.63) is 0 Å². The third-order valence-electron chi connectivity index (χ3n) is 1.86. The summed E-state index contributed by atoms with van der Waals surface area (Å²) in [6, 6.07) is -0.0903. The van der Waals surface area contributed by atoms with Crippen LogP contribution in [0.5, 0.6) is 0 Å². The molecule has 0 aromatic carbocycles. The minimum Gasteiger partial charge on any atom is -0.330 e. The molecule has 0 spiro atoms. The Kier molecular flexibility index (Phi) is 4.35. The van der Waals surface area contributed by atoms with E-state index < -0.39 is 10.0 Å². The molecule has 0 radical (unpaired) electrons. The van der Waals surface area contributed by atoms with E-state index in [2.05, 4.69) is 4.72 Å². The topological polar surface area (TPSA) is 72.2 Å². The van der Waals surface area contributed by atoms with Gasteiger partial charge in [0.15, 0.2) is 0 Å². The first kappa shape index (κ1) is 12.9. The average Bonchev–Trinajstić information content (AvgIpc) is 1.81. The van der Waals surface area contributed by atoms with Gasteiger partial charge in [-0.15, -0.1) is 0 Å². The number of hydrogen-bond acceptors (Lipinski definition) is 3. The predicted molar refractivity (Wildman–Crippen MR) is 54.9 cm³/mol. The van der Waals surface area contributed by atoms with Crippen LogP contribution in [0.15, 0.2) is 0 Å². The van der Waals surface area contributed by atoms with E-state index in [-0.39, 0.29) is 11.5 Å². The Balaban J connectivity index is 4.45. The fourth-order valence-corrected chi connectivity index (χ4v) is 2.08. The first-order valence-corrected chi connectivity index (χ1v) is 6.23. The van der Waals surface area contributed by atoms with E-state index >= 15 is 0 Å². The van der Waals surface area contributed by atoms with Crippen LogP contribution in [-0.2, 0) is 10.0 Å². The van der Waals surface area contributed by atoms with Crippen LogP contribution in [-0.4, -0.2) is 27.3 Å². The molecule has 0 aromatic heterocycles. The molecule has 0 aliphatic carbocycles. The monoisotopic (exact) mass is 208 g/mol. The van der Waals surface area contributed by atoms with E-state index in [9.17, 15) is 8.42 Å². The van der Waals surface area contributed by atoms with Crippen molar-refractivity contribution in [3.63, 3.8) is 0 Å². The number of rotatable bonds is 4. The van der Waals surface area contributed by atoms with E-state index in [1.165, 1.54) is 6.26 Å². The van der Waals surface area contributed by atoms with Crippen molar-refractivity contribution in [2.45, 2.75) is 33.2 Å². The molecule has 5 heteroatoms. The van der Waals surface area contributed by atoms with Gasteiger partial charge in [-0.1, -0.05) is 20.8 Å². The summed E-state index contributed by atoms with van der Waals surface area (Å²) in [5, 5.41) is 0. The van der Waals surface area contributed by atoms with Crippen LogP contribution in [0.2, 0.25) is 0 Å².